The maximum atomic E-state index is 11.8. The molecular formula is C18H16N4O2. The first-order valence-corrected chi connectivity index (χ1v) is 7.25. The second-order valence-corrected chi connectivity index (χ2v) is 5.10. The van der Waals surface area contributed by atoms with Gasteiger partial charge in [-0.25, -0.2) is 5.43 Å². The lowest BCUT2D eigenvalue weighted by molar-refractivity contribution is -0.136. The van der Waals surface area contributed by atoms with Crippen LogP contribution in [0.5, 0.6) is 0 Å². The molecule has 0 saturated carbocycles. The molecule has 0 fully saturated rings. The maximum Gasteiger partial charge on any atom is 0.329 e. The van der Waals surface area contributed by atoms with Crippen LogP contribution in [0.1, 0.15) is 16.7 Å². The molecule has 0 heterocycles. The van der Waals surface area contributed by atoms with Gasteiger partial charge in [0.15, 0.2) is 0 Å². The van der Waals surface area contributed by atoms with E-state index in [-0.39, 0.29) is 0 Å². The first-order chi connectivity index (χ1) is 11.6. The summed E-state index contributed by atoms with van der Waals surface area (Å²) in [4.78, 5) is 23.4. The Bertz CT molecular complexity index is 787. The van der Waals surface area contributed by atoms with Crippen molar-refractivity contribution in [2.75, 3.05) is 5.32 Å². The molecule has 0 saturated heterocycles. The highest BCUT2D eigenvalue weighted by molar-refractivity contribution is 6.39. The third kappa shape index (κ3) is 5.07. The third-order valence-electron chi connectivity index (χ3n) is 3.16. The van der Waals surface area contributed by atoms with Gasteiger partial charge in [0, 0.05) is 5.69 Å². The van der Waals surface area contributed by atoms with Gasteiger partial charge in [-0.15, -0.1) is 0 Å². The zero-order chi connectivity index (χ0) is 17.4. The van der Waals surface area contributed by atoms with Gasteiger partial charge in [0.05, 0.1) is 18.7 Å². The van der Waals surface area contributed by atoms with Crippen molar-refractivity contribution in [1.82, 2.24) is 5.43 Å². The molecular weight excluding hydrogens is 304 g/mol. The highest BCUT2D eigenvalue weighted by Crippen LogP contribution is 2.09. The summed E-state index contributed by atoms with van der Waals surface area (Å²) in [5.41, 5.74) is 5.42. The number of carbonyl (C=O) groups excluding carboxylic acids is 2. The van der Waals surface area contributed by atoms with Crippen molar-refractivity contribution >= 4 is 23.7 Å². The second-order valence-electron chi connectivity index (χ2n) is 5.10. The van der Waals surface area contributed by atoms with Crippen LogP contribution >= 0.6 is 0 Å². The standard InChI is InChI=1S/C18H16N4O2/c1-13-2-4-15(5-3-13)12-20-22-18(24)17(23)21-16-8-6-14(7-9-16)10-11-19/h2-9,12H,10H2,1H3,(H,21,23)(H,22,24)/b20-12+. The van der Waals surface area contributed by atoms with Crippen molar-refractivity contribution in [2.45, 2.75) is 13.3 Å². The number of carbonyl (C=O) groups is 2. The monoisotopic (exact) mass is 320 g/mol. The number of hydrogen-bond donors (Lipinski definition) is 2. The Labute approximate surface area is 139 Å². The molecule has 2 amide bonds. The van der Waals surface area contributed by atoms with Gasteiger partial charge in [-0.05, 0) is 30.2 Å². The van der Waals surface area contributed by atoms with Crippen molar-refractivity contribution in [1.29, 1.82) is 5.26 Å². The minimum absolute atomic E-state index is 0.294. The molecule has 0 atom stereocenters. The van der Waals surface area contributed by atoms with Gasteiger partial charge >= 0.3 is 11.8 Å². The minimum Gasteiger partial charge on any atom is -0.318 e. The molecule has 0 radical (unpaired) electrons. The molecule has 0 spiro atoms. The van der Waals surface area contributed by atoms with Crippen molar-refractivity contribution in [3.63, 3.8) is 0 Å². The van der Waals surface area contributed by atoms with Crippen molar-refractivity contribution < 1.29 is 9.59 Å². The number of nitrogens with one attached hydrogen (secondary N) is 2. The molecule has 2 aromatic rings. The van der Waals surface area contributed by atoms with Crippen LogP contribution in [0.3, 0.4) is 0 Å². The Morgan fingerprint density at radius 1 is 1.08 bits per heavy atom. The molecule has 0 aliphatic heterocycles. The van der Waals surface area contributed by atoms with Crippen LogP contribution < -0.4 is 10.7 Å². The fraction of sp³-hybridized carbons (Fsp3) is 0.111. The average molecular weight is 320 g/mol. The van der Waals surface area contributed by atoms with Crippen LogP contribution in [-0.4, -0.2) is 18.0 Å². The van der Waals surface area contributed by atoms with Gasteiger partial charge in [0.25, 0.3) is 0 Å². The van der Waals surface area contributed by atoms with Gasteiger partial charge in [-0.3, -0.25) is 9.59 Å². The number of aryl methyl sites for hydroxylation is 1. The number of amides is 2. The van der Waals surface area contributed by atoms with Gasteiger partial charge in [-0.2, -0.15) is 10.4 Å². The highest BCUT2D eigenvalue weighted by atomic mass is 16.2. The molecule has 6 heteroatoms. The maximum absolute atomic E-state index is 11.8. The molecule has 2 N–H and O–H groups in total. The van der Waals surface area contributed by atoms with Gasteiger partial charge < -0.3 is 5.32 Å². The largest absolute Gasteiger partial charge is 0.329 e. The Kier molecular flexibility index (Phi) is 5.81. The molecule has 0 bridgehead atoms. The van der Waals surface area contributed by atoms with E-state index in [1.165, 1.54) is 6.21 Å². The number of hydrogen-bond acceptors (Lipinski definition) is 4. The van der Waals surface area contributed by atoms with Gasteiger partial charge in [0.1, 0.15) is 0 Å². The number of anilines is 1. The predicted octanol–water partition coefficient (Wildman–Crippen LogP) is 2.15. The van der Waals surface area contributed by atoms with Crippen LogP contribution in [0.25, 0.3) is 0 Å². The summed E-state index contributed by atoms with van der Waals surface area (Å²) in [7, 11) is 0. The van der Waals surface area contributed by atoms with E-state index in [9.17, 15) is 9.59 Å². The number of nitrogens with zero attached hydrogens (tertiary/aromatic N) is 2. The van der Waals surface area contributed by atoms with Crippen LogP contribution in [0.15, 0.2) is 53.6 Å². The van der Waals surface area contributed by atoms with E-state index in [2.05, 4.69) is 15.8 Å². The molecule has 2 rings (SSSR count). The lowest BCUT2D eigenvalue weighted by Crippen LogP contribution is -2.32. The van der Waals surface area contributed by atoms with E-state index in [0.717, 1.165) is 16.7 Å². The van der Waals surface area contributed by atoms with E-state index in [4.69, 9.17) is 5.26 Å². The molecule has 120 valence electrons. The van der Waals surface area contributed by atoms with Crippen LogP contribution in [-0.2, 0) is 16.0 Å². The second kappa shape index (κ2) is 8.25. The summed E-state index contributed by atoms with van der Waals surface area (Å²) in [6.45, 7) is 1.97. The van der Waals surface area contributed by atoms with Crippen molar-refractivity contribution in [2.24, 2.45) is 5.10 Å². The summed E-state index contributed by atoms with van der Waals surface area (Å²) in [5.74, 6) is -1.68. The quantitative estimate of drug-likeness (QED) is 0.513. The average Bonchev–Trinajstić information content (AvgIpc) is 2.58. The molecule has 0 aliphatic rings. The lowest BCUT2D eigenvalue weighted by atomic mass is 10.1. The normalized spacial score (nSPS) is 10.2. The Morgan fingerprint density at radius 3 is 2.38 bits per heavy atom. The first kappa shape index (κ1) is 16.9. The third-order valence-corrected chi connectivity index (χ3v) is 3.16. The summed E-state index contributed by atoms with van der Waals surface area (Å²) < 4.78 is 0. The molecule has 24 heavy (non-hydrogen) atoms. The minimum atomic E-state index is -0.862. The first-order valence-electron chi connectivity index (χ1n) is 7.25. The molecule has 6 nitrogen and oxygen atoms in total. The van der Waals surface area contributed by atoms with Crippen LogP contribution in [0, 0.1) is 18.3 Å². The van der Waals surface area contributed by atoms with E-state index < -0.39 is 11.8 Å². The summed E-state index contributed by atoms with van der Waals surface area (Å²) in [5, 5.41) is 14.8. The SMILES string of the molecule is Cc1ccc(/C=N/NC(=O)C(=O)Nc2ccc(CC#N)cc2)cc1. The number of rotatable bonds is 4. The van der Waals surface area contributed by atoms with E-state index in [0.29, 0.717) is 12.1 Å². The number of benzene rings is 2. The Hall–Kier alpha value is -3.46. The fourth-order valence-corrected chi connectivity index (χ4v) is 1.85. The zero-order valence-corrected chi connectivity index (χ0v) is 13.1. The van der Waals surface area contributed by atoms with Crippen molar-refractivity contribution in [3.05, 3.63) is 65.2 Å². The van der Waals surface area contributed by atoms with Crippen molar-refractivity contribution in [3.8, 4) is 6.07 Å². The highest BCUT2D eigenvalue weighted by Gasteiger charge is 2.12. The predicted molar refractivity (Wildman–Crippen MR) is 91.3 cm³/mol. The number of hydrazone groups is 1. The Morgan fingerprint density at radius 2 is 1.75 bits per heavy atom. The fourth-order valence-electron chi connectivity index (χ4n) is 1.85. The number of nitriles is 1. The molecule has 2 aromatic carbocycles. The topological polar surface area (TPSA) is 94.3 Å². The van der Waals surface area contributed by atoms with Gasteiger partial charge in [0.2, 0.25) is 0 Å². The molecule has 0 aliphatic carbocycles. The zero-order valence-electron chi connectivity index (χ0n) is 13.1. The van der Waals surface area contributed by atoms with E-state index in [1.54, 1.807) is 24.3 Å². The van der Waals surface area contributed by atoms with Crippen LogP contribution in [0.2, 0.25) is 0 Å². The van der Waals surface area contributed by atoms with Gasteiger partial charge in [-0.1, -0.05) is 42.0 Å². The van der Waals surface area contributed by atoms with E-state index >= 15 is 0 Å². The summed E-state index contributed by atoms with van der Waals surface area (Å²) in [6.07, 6.45) is 1.75. The van der Waals surface area contributed by atoms with E-state index in [1.807, 2.05) is 37.3 Å². The molecule has 0 unspecified atom stereocenters. The Balaban J connectivity index is 1.86. The lowest BCUT2D eigenvalue weighted by Gasteiger charge is -2.04. The summed E-state index contributed by atoms with van der Waals surface area (Å²) >= 11 is 0. The van der Waals surface area contributed by atoms with Crippen LogP contribution in [0.4, 0.5) is 5.69 Å². The smallest absolute Gasteiger partial charge is 0.318 e. The summed E-state index contributed by atoms with van der Waals surface area (Å²) in [6, 6.07) is 16.3. The molecule has 0 aromatic heterocycles.